The standard InChI is InChI=1S/C20H24N2O4/c1-3-20(4-2,19(24)25)14-22-18(23)16-5-7-17(8-6-16)26-13-15-9-11-21-12-10-15/h5-12H,3-4,13-14H2,1-2H3,(H,22,23)(H,24,25). The molecule has 0 aliphatic carbocycles. The number of hydrogen-bond donors (Lipinski definition) is 2. The van der Waals surface area contributed by atoms with Gasteiger partial charge in [-0.15, -0.1) is 0 Å². The molecule has 2 aromatic rings. The van der Waals surface area contributed by atoms with E-state index in [-0.39, 0.29) is 12.5 Å². The average molecular weight is 356 g/mol. The van der Waals surface area contributed by atoms with Gasteiger partial charge in [-0.25, -0.2) is 0 Å². The van der Waals surface area contributed by atoms with Crippen molar-refractivity contribution in [3.63, 3.8) is 0 Å². The van der Waals surface area contributed by atoms with Crippen LogP contribution in [0.25, 0.3) is 0 Å². The number of carbonyl (C=O) groups excluding carboxylic acids is 1. The molecule has 2 rings (SSSR count). The summed E-state index contributed by atoms with van der Waals surface area (Å²) in [6, 6.07) is 10.5. The SMILES string of the molecule is CCC(CC)(CNC(=O)c1ccc(OCc2ccncc2)cc1)C(=O)O. The number of hydrogen-bond acceptors (Lipinski definition) is 4. The number of nitrogens with one attached hydrogen (secondary N) is 1. The molecular formula is C20H24N2O4. The zero-order valence-corrected chi connectivity index (χ0v) is 15.1. The van der Waals surface area contributed by atoms with E-state index in [4.69, 9.17) is 4.74 Å². The summed E-state index contributed by atoms with van der Waals surface area (Å²) in [5, 5.41) is 12.2. The highest BCUT2D eigenvalue weighted by Crippen LogP contribution is 2.26. The van der Waals surface area contributed by atoms with E-state index < -0.39 is 11.4 Å². The fraction of sp³-hybridized carbons (Fsp3) is 0.350. The molecule has 138 valence electrons. The molecule has 0 aliphatic heterocycles. The number of benzene rings is 1. The topological polar surface area (TPSA) is 88.5 Å². The van der Waals surface area contributed by atoms with Crippen LogP contribution >= 0.6 is 0 Å². The van der Waals surface area contributed by atoms with Gasteiger partial charge in [-0.3, -0.25) is 14.6 Å². The van der Waals surface area contributed by atoms with E-state index in [0.717, 1.165) is 5.56 Å². The van der Waals surface area contributed by atoms with Crippen molar-refractivity contribution in [1.82, 2.24) is 10.3 Å². The molecule has 0 atom stereocenters. The Morgan fingerprint density at radius 3 is 2.23 bits per heavy atom. The molecule has 0 aliphatic rings. The van der Waals surface area contributed by atoms with Crippen LogP contribution < -0.4 is 10.1 Å². The van der Waals surface area contributed by atoms with Crippen molar-refractivity contribution in [1.29, 1.82) is 0 Å². The summed E-state index contributed by atoms with van der Waals surface area (Å²) in [4.78, 5) is 27.7. The molecule has 0 bridgehead atoms. The molecule has 6 heteroatoms. The molecule has 26 heavy (non-hydrogen) atoms. The van der Waals surface area contributed by atoms with Crippen LogP contribution in [-0.4, -0.2) is 28.5 Å². The molecular weight excluding hydrogens is 332 g/mol. The number of carbonyl (C=O) groups is 2. The van der Waals surface area contributed by atoms with Crippen molar-refractivity contribution in [3.8, 4) is 5.75 Å². The number of rotatable bonds is 9. The zero-order chi connectivity index (χ0) is 19.0. The van der Waals surface area contributed by atoms with Gasteiger partial charge in [-0.1, -0.05) is 13.8 Å². The first-order valence-corrected chi connectivity index (χ1v) is 8.64. The molecule has 0 fully saturated rings. The van der Waals surface area contributed by atoms with E-state index in [2.05, 4.69) is 10.3 Å². The predicted octanol–water partition coefficient (Wildman–Crippen LogP) is 3.28. The molecule has 1 heterocycles. The van der Waals surface area contributed by atoms with Crippen molar-refractivity contribution < 1.29 is 19.4 Å². The summed E-state index contributed by atoms with van der Waals surface area (Å²) in [6.45, 7) is 4.16. The number of pyridine rings is 1. The summed E-state index contributed by atoms with van der Waals surface area (Å²) in [6.07, 6.45) is 4.33. The number of carboxylic acid groups (broad SMARTS) is 1. The Kier molecular flexibility index (Phi) is 6.72. The van der Waals surface area contributed by atoms with Crippen LogP contribution in [0.5, 0.6) is 5.75 Å². The molecule has 1 amide bonds. The van der Waals surface area contributed by atoms with Gasteiger partial charge in [0.1, 0.15) is 12.4 Å². The lowest BCUT2D eigenvalue weighted by Gasteiger charge is -2.26. The van der Waals surface area contributed by atoms with E-state index >= 15 is 0 Å². The van der Waals surface area contributed by atoms with E-state index in [1.165, 1.54) is 0 Å². The Labute approximate surface area is 153 Å². The van der Waals surface area contributed by atoms with Gasteiger partial charge < -0.3 is 15.2 Å². The van der Waals surface area contributed by atoms with Gasteiger partial charge in [0.05, 0.1) is 5.41 Å². The number of amides is 1. The van der Waals surface area contributed by atoms with Gasteiger partial charge in [-0.2, -0.15) is 0 Å². The Hall–Kier alpha value is -2.89. The van der Waals surface area contributed by atoms with E-state index in [0.29, 0.717) is 30.8 Å². The van der Waals surface area contributed by atoms with Gasteiger partial charge >= 0.3 is 5.97 Å². The van der Waals surface area contributed by atoms with Gasteiger partial charge in [0.25, 0.3) is 5.91 Å². The highest BCUT2D eigenvalue weighted by molar-refractivity contribution is 5.94. The van der Waals surface area contributed by atoms with Crippen molar-refractivity contribution in [2.45, 2.75) is 33.3 Å². The van der Waals surface area contributed by atoms with Crippen LogP contribution in [0.1, 0.15) is 42.6 Å². The molecule has 0 saturated heterocycles. The third-order valence-electron chi connectivity index (χ3n) is 4.67. The predicted molar refractivity (Wildman–Crippen MR) is 98.0 cm³/mol. The highest BCUT2D eigenvalue weighted by Gasteiger charge is 2.35. The Bertz CT molecular complexity index is 725. The summed E-state index contributed by atoms with van der Waals surface area (Å²) >= 11 is 0. The Balaban J connectivity index is 1.92. The van der Waals surface area contributed by atoms with Crippen molar-refractivity contribution in [2.24, 2.45) is 5.41 Å². The second-order valence-corrected chi connectivity index (χ2v) is 6.14. The maximum absolute atomic E-state index is 12.3. The lowest BCUT2D eigenvalue weighted by Crippen LogP contribution is -2.42. The van der Waals surface area contributed by atoms with Crippen molar-refractivity contribution in [2.75, 3.05) is 6.54 Å². The minimum Gasteiger partial charge on any atom is -0.489 e. The second kappa shape index (κ2) is 8.99. The zero-order valence-electron chi connectivity index (χ0n) is 15.1. The first-order valence-electron chi connectivity index (χ1n) is 8.64. The normalized spacial score (nSPS) is 11.0. The van der Waals surface area contributed by atoms with E-state index in [1.54, 1.807) is 36.7 Å². The van der Waals surface area contributed by atoms with E-state index in [1.807, 2.05) is 26.0 Å². The molecule has 2 N–H and O–H groups in total. The molecule has 0 unspecified atom stereocenters. The van der Waals surface area contributed by atoms with Crippen LogP contribution in [-0.2, 0) is 11.4 Å². The first-order chi connectivity index (χ1) is 12.5. The fourth-order valence-corrected chi connectivity index (χ4v) is 2.58. The van der Waals surface area contributed by atoms with E-state index in [9.17, 15) is 14.7 Å². The quantitative estimate of drug-likeness (QED) is 0.720. The summed E-state index contributed by atoms with van der Waals surface area (Å²) in [5.41, 5.74) is 0.544. The van der Waals surface area contributed by atoms with Gasteiger partial charge in [0.15, 0.2) is 0 Å². The molecule has 1 aromatic heterocycles. The molecule has 6 nitrogen and oxygen atoms in total. The first kappa shape index (κ1) is 19.4. The van der Waals surface area contributed by atoms with Gasteiger partial charge in [-0.05, 0) is 54.8 Å². The maximum atomic E-state index is 12.3. The minimum atomic E-state index is -0.927. The van der Waals surface area contributed by atoms with Crippen LogP contribution in [0, 0.1) is 5.41 Å². The van der Waals surface area contributed by atoms with Crippen LogP contribution in [0.4, 0.5) is 0 Å². The van der Waals surface area contributed by atoms with Gasteiger partial charge in [0.2, 0.25) is 0 Å². The van der Waals surface area contributed by atoms with Crippen molar-refractivity contribution in [3.05, 3.63) is 59.9 Å². The lowest BCUT2D eigenvalue weighted by molar-refractivity contribution is -0.149. The second-order valence-electron chi connectivity index (χ2n) is 6.14. The highest BCUT2D eigenvalue weighted by atomic mass is 16.5. The number of carboxylic acids is 1. The third-order valence-corrected chi connectivity index (χ3v) is 4.67. The van der Waals surface area contributed by atoms with Gasteiger partial charge in [0, 0.05) is 24.5 Å². The van der Waals surface area contributed by atoms with Crippen LogP contribution in [0.2, 0.25) is 0 Å². The largest absolute Gasteiger partial charge is 0.489 e. The Morgan fingerprint density at radius 2 is 1.69 bits per heavy atom. The average Bonchev–Trinajstić information content (AvgIpc) is 2.68. The maximum Gasteiger partial charge on any atom is 0.311 e. The molecule has 0 spiro atoms. The molecule has 0 saturated carbocycles. The monoisotopic (exact) mass is 356 g/mol. The number of aliphatic carboxylic acids is 1. The fourth-order valence-electron chi connectivity index (χ4n) is 2.58. The summed E-state index contributed by atoms with van der Waals surface area (Å²) in [7, 11) is 0. The Morgan fingerprint density at radius 1 is 1.08 bits per heavy atom. The van der Waals surface area contributed by atoms with Crippen LogP contribution in [0.3, 0.4) is 0 Å². The molecule has 0 radical (unpaired) electrons. The third kappa shape index (κ3) is 4.81. The number of ether oxygens (including phenoxy) is 1. The smallest absolute Gasteiger partial charge is 0.311 e. The minimum absolute atomic E-state index is 0.106. The van der Waals surface area contributed by atoms with Crippen LogP contribution in [0.15, 0.2) is 48.8 Å². The summed E-state index contributed by atoms with van der Waals surface area (Å²) < 4.78 is 5.67. The lowest BCUT2D eigenvalue weighted by atomic mass is 9.82. The molecule has 1 aromatic carbocycles. The van der Waals surface area contributed by atoms with Crippen molar-refractivity contribution >= 4 is 11.9 Å². The summed E-state index contributed by atoms with van der Waals surface area (Å²) in [5.74, 6) is -0.527. The number of nitrogens with zero attached hydrogens (tertiary/aromatic N) is 1. The number of aromatic nitrogens is 1.